The van der Waals surface area contributed by atoms with Crippen molar-refractivity contribution in [2.75, 3.05) is 19.3 Å². The lowest BCUT2D eigenvalue weighted by Gasteiger charge is -2.37. The molecule has 0 spiro atoms. The zero-order chi connectivity index (χ0) is 24.6. The number of likely N-dealkylation sites (tertiary alicyclic amines) is 1. The number of hydrogen-bond acceptors (Lipinski definition) is 6. The van der Waals surface area contributed by atoms with Gasteiger partial charge in [-0.3, -0.25) is 14.5 Å². The number of benzene rings is 1. The van der Waals surface area contributed by atoms with Gasteiger partial charge >= 0.3 is 6.09 Å². The Hall–Kier alpha value is -2.37. The molecule has 0 unspecified atom stereocenters. The van der Waals surface area contributed by atoms with Crippen molar-refractivity contribution >= 4 is 27.8 Å². The normalized spacial score (nSPS) is 17.6. The van der Waals surface area contributed by atoms with Crippen LogP contribution in [0.1, 0.15) is 29.8 Å². The molecule has 1 amide bonds. The molecule has 0 saturated carbocycles. The molecule has 182 valence electrons. The molecule has 1 atom stereocenters. The third-order valence-corrected chi connectivity index (χ3v) is 5.12. The summed E-state index contributed by atoms with van der Waals surface area (Å²) in [6.07, 6.45) is 4.21. The van der Waals surface area contributed by atoms with Crippen molar-refractivity contribution in [3.63, 3.8) is 0 Å². The lowest BCUT2D eigenvalue weighted by atomic mass is 9.88. The van der Waals surface area contributed by atoms with Crippen LogP contribution in [-0.2, 0) is 27.9 Å². The van der Waals surface area contributed by atoms with Crippen molar-refractivity contribution in [3.8, 4) is 0 Å². The van der Waals surface area contributed by atoms with Crippen LogP contribution in [0.2, 0.25) is 5.02 Å². The van der Waals surface area contributed by atoms with Crippen LogP contribution in [0.25, 0.3) is 0 Å². The maximum atomic E-state index is 14.6. The third-order valence-electron chi connectivity index (χ3n) is 4.86. The minimum absolute atomic E-state index is 0.0214. The van der Waals surface area contributed by atoms with E-state index < -0.39 is 34.6 Å². The monoisotopic (exact) mass is 505 g/mol. The molecule has 1 aliphatic rings. The van der Waals surface area contributed by atoms with Gasteiger partial charge in [0.25, 0.3) is 16.0 Å². The van der Waals surface area contributed by atoms with Crippen LogP contribution < -0.4 is 0 Å². The average Bonchev–Trinajstić information content (AvgIpc) is 2.71. The number of halogens is 3. The maximum absolute atomic E-state index is 14.6. The van der Waals surface area contributed by atoms with Crippen molar-refractivity contribution in [2.24, 2.45) is 5.92 Å². The van der Waals surface area contributed by atoms with E-state index in [2.05, 4.69) is 9.97 Å². The molecule has 8 nitrogen and oxygen atoms in total. The summed E-state index contributed by atoms with van der Waals surface area (Å²) in [4.78, 5) is 21.6. The van der Waals surface area contributed by atoms with Gasteiger partial charge in [0.1, 0.15) is 6.61 Å². The number of alkyl halides is 2. The van der Waals surface area contributed by atoms with Crippen LogP contribution >= 0.6 is 11.6 Å². The van der Waals surface area contributed by atoms with Crippen LogP contribution in [0.3, 0.4) is 0 Å². The smallest absolute Gasteiger partial charge is 0.410 e. The number of nitrogens with zero attached hydrogens (tertiary/aromatic N) is 3. The molecule has 3 rings (SSSR count). The second kappa shape index (κ2) is 11.7. The molecule has 2 aromatic rings. The van der Waals surface area contributed by atoms with Crippen molar-refractivity contribution in [2.45, 2.75) is 38.7 Å². The number of amides is 1. The van der Waals surface area contributed by atoms with E-state index in [4.69, 9.17) is 20.9 Å². The molecular weight excluding hydrogens is 480 g/mol. The Labute approximate surface area is 196 Å². The first-order valence-electron chi connectivity index (χ1n) is 10.1. The number of hydrogen-bond donors (Lipinski definition) is 1. The minimum Gasteiger partial charge on any atom is -0.445 e. The zero-order valence-electron chi connectivity index (χ0n) is 18.2. The Bertz CT molecular complexity index is 1010. The first kappa shape index (κ1) is 26.9. The molecule has 12 heteroatoms. The van der Waals surface area contributed by atoms with E-state index in [1.165, 1.54) is 0 Å². The summed E-state index contributed by atoms with van der Waals surface area (Å²) < 4.78 is 60.1. The summed E-state index contributed by atoms with van der Waals surface area (Å²) in [5.74, 6) is -3.76. The number of rotatable bonds is 5. The SMILES string of the molecule is CS(=O)(=O)O.Cc1cnc(CC[C@H]2CCN(C(=O)OCc3ccc(Cl)cc3)CC2(F)F)cn1. The van der Waals surface area contributed by atoms with Crippen molar-refractivity contribution < 1.29 is 31.3 Å². The van der Waals surface area contributed by atoms with Gasteiger partial charge in [-0.15, -0.1) is 0 Å². The van der Waals surface area contributed by atoms with Gasteiger partial charge < -0.3 is 9.64 Å². The fraction of sp³-hybridized carbons (Fsp3) is 0.476. The van der Waals surface area contributed by atoms with Crippen LogP contribution in [0.15, 0.2) is 36.7 Å². The van der Waals surface area contributed by atoms with Gasteiger partial charge in [-0.1, -0.05) is 23.7 Å². The van der Waals surface area contributed by atoms with Gasteiger partial charge in [-0.05, 0) is 43.9 Å². The highest BCUT2D eigenvalue weighted by atomic mass is 35.5. The summed E-state index contributed by atoms with van der Waals surface area (Å²) in [5.41, 5.74) is 2.24. The fourth-order valence-corrected chi connectivity index (χ4v) is 3.31. The predicted molar refractivity (Wildman–Crippen MR) is 119 cm³/mol. The lowest BCUT2D eigenvalue weighted by Crippen LogP contribution is -2.50. The van der Waals surface area contributed by atoms with Gasteiger partial charge in [0.15, 0.2) is 0 Å². The van der Waals surface area contributed by atoms with E-state index in [9.17, 15) is 22.0 Å². The van der Waals surface area contributed by atoms with Gasteiger partial charge in [-0.25, -0.2) is 13.6 Å². The largest absolute Gasteiger partial charge is 0.445 e. The number of aromatic nitrogens is 2. The number of aryl methyl sites for hydroxylation is 2. The highest BCUT2D eigenvalue weighted by molar-refractivity contribution is 7.85. The number of carbonyl (C=O) groups is 1. The topological polar surface area (TPSA) is 110 Å². The van der Waals surface area contributed by atoms with Gasteiger partial charge in [-0.2, -0.15) is 8.42 Å². The third kappa shape index (κ3) is 9.97. The first-order valence-corrected chi connectivity index (χ1v) is 12.3. The lowest BCUT2D eigenvalue weighted by molar-refractivity contribution is -0.108. The molecule has 0 aliphatic carbocycles. The number of ether oxygens (including phenoxy) is 1. The van der Waals surface area contributed by atoms with Crippen molar-refractivity contribution in [1.82, 2.24) is 14.9 Å². The Balaban J connectivity index is 0.000000696. The maximum Gasteiger partial charge on any atom is 0.410 e. The molecule has 1 aliphatic heterocycles. The van der Waals surface area contributed by atoms with E-state index in [1.54, 1.807) is 36.7 Å². The molecular formula is C21H26ClF2N3O5S. The number of piperidine rings is 1. The summed E-state index contributed by atoms with van der Waals surface area (Å²) in [6.45, 7) is 1.47. The highest BCUT2D eigenvalue weighted by Gasteiger charge is 2.45. The Morgan fingerprint density at radius 2 is 1.91 bits per heavy atom. The molecule has 1 N–H and O–H groups in total. The molecule has 33 heavy (non-hydrogen) atoms. The zero-order valence-corrected chi connectivity index (χ0v) is 19.8. The van der Waals surface area contributed by atoms with Crippen LogP contribution in [0, 0.1) is 12.8 Å². The van der Waals surface area contributed by atoms with Crippen molar-refractivity contribution in [1.29, 1.82) is 0 Å². The Morgan fingerprint density at radius 3 is 2.45 bits per heavy atom. The molecule has 0 radical (unpaired) electrons. The summed E-state index contributed by atoms with van der Waals surface area (Å²) >= 11 is 5.81. The minimum atomic E-state index is -3.67. The van der Waals surface area contributed by atoms with E-state index >= 15 is 0 Å². The highest BCUT2D eigenvalue weighted by Crippen LogP contribution is 2.36. The van der Waals surface area contributed by atoms with Crippen molar-refractivity contribution in [3.05, 3.63) is 58.6 Å². The van der Waals surface area contributed by atoms with Gasteiger partial charge in [0, 0.05) is 29.9 Å². The second-order valence-electron chi connectivity index (χ2n) is 7.77. The van der Waals surface area contributed by atoms with Crippen LogP contribution in [0.4, 0.5) is 13.6 Å². The van der Waals surface area contributed by atoms with Crippen LogP contribution in [-0.4, -0.2) is 59.2 Å². The molecule has 1 aromatic heterocycles. The van der Waals surface area contributed by atoms with E-state index in [1.807, 2.05) is 6.92 Å². The summed E-state index contributed by atoms with van der Waals surface area (Å²) in [7, 11) is -3.67. The van der Waals surface area contributed by atoms with Crippen LogP contribution in [0.5, 0.6) is 0 Å². The number of carbonyl (C=O) groups excluding carboxylic acids is 1. The summed E-state index contributed by atoms with van der Waals surface area (Å²) in [5, 5.41) is 0.577. The summed E-state index contributed by atoms with van der Waals surface area (Å²) in [6, 6.07) is 6.82. The van der Waals surface area contributed by atoms with E-state index in [0.717, 1.165) is 16.2 Å². The molecule has 2 heterocycles. The second-order valence-corrected chi connectivity index (χ2v) is 9.67. The standard InChI is InChI=1S/C20H22ClF2N3O2.CH4O3S/c1-14-10-25-18(11-24-14)7-4-16-8-9-26(13-20(16,22)23)19(27)28-12-15-2-5-17(21)6-3-15;1-5(2,3)4/h2-3,5-6,10-11,16H,4,7-9,12-13H2,1H3;1H3,(H,2,3,4)/t16-;/m0./s1. The molecule has 0 bridgehead atoms. The van der Waals surface area contributed by atoms with Gasteiger partial charge in [0.05, 0.1) is 24.2 Å². The Kier molecular flexibility index (Phi) is 9.50. The molecule has 1 aromatic carbocycles. The quantitative estimate of drug-likeness (QED) is 0.607. The first-order chi connectivity index (χ1) is 15.3. The fourth-order valence-electron chi connectivity index (χ4n) is 3.18. The Morgan fingerprint density at radius 1 is 1.27 bits per heavy atom. The molecule has 1 fully saturated rings. The van der Waals surface area contributed by atoms with E-state index in [0.29, 0.717) is 29.8 Å². The van der Waals surface area contributed by atoms with E-state index in [-0.39, 0.29) is 19.6 Å². The molecule has 1 saturated heterocycles. The van der Waals surface area contributed by atoms with Gasteiger partial charge in [0.2, 0.25) is 0 Å². The predicted octanol–water partition coefficient (Wildman–Crippen LogP) is 4.17. The average molecular weight is 506 g/mol.